The maximum absolute atomic E-state index is 13.7. The van der Waals surface area contributed by atoms with E-state index >= 15 is 0 Å². The van der Waals surface area contributed by atoms with Gasteiger partial charge in [-0.3, -0.25) is 24.1 Å². The van der Waals surface area contributed by atoms with Gasteiger partial charge in [0.05, 0.1) is 27.9 Å². The van der Waals surface area contributed by atoms with Gasteiger partial charge in [0.2, 0.25) is 0 Å². The predicted octanol–water partition coefficient (Wildman–Crippen LogP) is 9.59. The van der Waals surface area contributed by atoms with Crippen molar-refractivity contribution in [3.05, 3.63) is 113 Å². The van der Waals surface area contributed by atoms with Crippen LogP contribution in [0.4, 0.5) is 5.69 Å². The molecule has 1 atom stereocenters. The second-order valence-corrected chi connectivity index (χ2v) is 13.4. The Morgan fingerprint density at radius 3 is 1.73 bits per heavy atom. The van der Waals surface area contributed by atoms with Gasteiger partial charge < -0.3 is 4.74 Å². The quantitative estimate of drug-likeness (QED) is 0.152. The van der Waals surface area contributed by atoms with E-state index in [1.165, 1.54) is 15.4 Å². The van der Waals surface area contributed by atoms with Crippen molar-refractivity contribution in [2.45, 2.75) is 84.6 Å². The number of fused-ring (bicyclic) bond motifs is 2. The molecular formula is C41H42N2O5. The number of rotatable bonds is 11. The minimum absolute atomic E-state index is 0.104. The zero-order chi connectivity index (χ0) is 34.4. The van der Waals surface area contributed by atoms with Crippen LogP contribution in [0.2, 0.25) is 0 Å². The van der Waals surface area contributed by atoms with E-state index in [4.69, 9.17) is 4.74 Å². The van der Waals surface area contributed by atoms with Crippen molar-refractivity contribution in [3.8, 4) is 22.6 Å². The number of carbonyl (C=O) groups is 4. The van der Waals surface area contributed by atoms with Gasteiger partial charge in [0.15, 0.2) is 0 Å². The van der Waals surface area contributed by atoms with E-state index in [9.17, 15) is 19.2 Å². The summed E-state index contributed by atoms with van der Waals surface area (Å²) < 4.78 is 6.14. The first-order valence-corrected chi connectivity index (χ1v) is 16.9. The van der Waals surface area contributed by atoms with Crippen LogP contribution in [-0.4, -0.2) is 34.1 Å². The second-order valence-electron chi connectivity index (χ2n) is 13.4. The lowest BCUT2D eigenvalue weighted by Gasteiger charge is -2.36. The zero-order valence-electron chi connectivity index (χ0n) is 28.6. The molecule has 0 saturated heterocycles. The Bertz CT molecular complexity index is 1940. The highest BCUT2D eigenvalue weighted by atomic mass is 16.5. The van der Waals surface area contributed by atoms with E-state index in [1.807, 2.05) is 32.9 Å². The number of nitrogens with zero attached hydrogens (tertiary/aromatic N) is 2. The molecule has 246 valence electrons. The third kappa shape index (κ3) is 5.41. The SMILES string of the molecule is CCCC(C)(CC)N1C(=O)c2ccc(-c3ccc4c(c3)C(=O)N(c3cccc(Oc5ccc(C(C)(CC)CC)cc5)c3)C4=O)cc2C1=O. The summed E-state index contributed by atoms with van der Waals surface area (Å²) in [6, 6.07) is 25.3. The number of imide groups is 2. The van der Waals surface area contributed by atoms with E-state index in [2.05, 4.69) is 32.9 Å². The predicted molar refractivity (Wildman–Crippen MR) is 188 cm³/mol. The molecule has 48 heavy (non-hydrogen) atoms. The molecule has 0 bridgehead atoms. The molecule has 0 aromatic heterocycles. The summed E-state index contributed by atoms with van der Waals surface area (Å²) >= 11 is 0. The second kappa shape index (κ2) is 12.5. The van der Waals surface area contributed by atoms with Crippen LogP contribution in [0.15, 0.2) is 84.9 Å². The largest absolute Gasteiger partial charge is 0.457 e. The van der Waals surface area contributed by atoms with Gasteiger partial charge in [0.25, 0.3) is 23.6 Å². The highest BCUT2D eigenvalue weighted by Gasteiger charge is 2.45. The molecule has 0 radical (unpaired) electrons. The van der Waals surface area contributed by atoms with Gasteiger partial charge in [-0.25, -0.2) is 4.90 Å². The maximum atomic E-state index is 13.7. The average molecular weight is 643 g/mol. The summed E-state index contributed by atoms with van der Waals surface area (Å²) in [6.07, 6.45) is 4.32. The third-order valence-corrected chi connectivity index (χ3v) is 10.6. The number of anilines is 1. The van der Waals surface area contributed by atoms with E-state index in [0.717, 1.165) is 25.7 Å². The first-order chi connectivity index (χ1) is 23.0. The Hall–Kier alpha value is -5.04. The Morgan fingerprint density at radius 2 is 1.15 bits per heavy atom. The third-order valence-electron chi connectivity index (χ3n) is 10.6. The molecule has 0 spiro atoms. The number of hydrogen-bond acceptors (Lipinski definition) is 5. The van der Waals surface area contributed by atoms with Gasteiger partial charge in [-0.2, -0.15) is 0 Å². The molecule has 4 aromatic carbocycles. The smallest absolute Gasteiger partial charge is 0.266 e. The van der Waals surface area contributed by atoms with Gasteiger partial charge >= 0.3 is 0 Å². The lowest BCUT2D eigenvalue weighted by molar-refractivity contribution is 0.0424. The van der Waals surface area contributed by atoms with Crippen molar-refractivity contribution in [1.29, 1.82) is 0 Å². The Kier molecular flexibility index (Phi) is 8.58. The molecule has 4 amide bonds. The number of hydrogen-bond donors (Lipinski definition) is 0. The Labute approximate surface area is 282 Å². The highest BCUT2D eigenvalue weighted by molar-refractivity contribution is 6.34. The van der Waals surface area contributed by atoms with Gasteiger partial charge in [0.1, 0.15) is 11.5 Å². The van der Waals surface area contributed by atoms with Crippen LogP contribution in [0.1, 0.15) is 121 Å². The van der Waals surface area contributed by atoms with Crippen molar-refractivity contribution in [2.75, 3.05) is 4.90 Å². The normalized spacial score (nSPS) is 15.5. The average Bonchev–Trinajstić information content (AvgIpc) is 3.51. The molecule has 2 heterocycles. The van der Waals surface area contributed by atoms with Crippen LogP contribution in [0.25, 0.3) is 11.1 Å². The molecule has 0 saturated carbocycles. The number of ether oxygens (including phenoxy) is 1. The fraction of sp³-hybridized carbons (Fsp3) is 0.317. The first-order valence-electron chi connectivity index (χ1n) is 16.9. The van der Waals surface area contributed by atoms with Crippen LogP contribution in [0.3, 0.4) is 0 Å². The van der Waals surface area contributed by atoms with E-state index < -0.39 is 17.4 Å². The van der Waals surface area contributed by atoms with Crippen LogP contribution in [0.5, 0.6) is 11.5 Å². The standard InChI is InChI=1S/C41H42N2O5/c1-7-22-41(6,10-4)43-38(46)33-21-15-27(24-35(33)39(43)47)26-14-20-32-34(23-26)37(45)42(36(32)44)29-12-11-13-31(25-29)48-30-18-16-28(17-19-30)40(5,8-2)9-3/h11-21,23-25H,7-10,22H2,1-6H3. The first kappa shape index (κ1) is 32.9. The van der Waals surface area contributed by atoms with Gasteiger partial charge in [0, 0.05) is 11.6 Å². The van der Waals surface area contributed by atoms with Gasteiger partial charge in [-0.15, -0.1) is 0 Å². The van der Waals surface area contributed by atoms with E-state index in [0.29, 0.717) is 51.4 Å². The fourth-order valence-corrected chi connectivity index (χ4v) is 6.96. The van der Waals surface area contributed by atoms with Crippen LogP contribution < -0.4 is 9.64 Å². The fourth-order valence-electron chi connectivity index (χ4n) is 6.96. The monoisotopic (exact) mass is 642 g/mol. The van der Waals surface area contributed by atoms with Crippen molar-refractivity contribution < 1.29 is 23.9 Å². The molecule has 6 rings (SSSR count). The molecule has 0 aliphatic carbocycles. The number of amides is 4. The van der Waals surface area contributed by atoms with Crippen LogP contribution in [-0.2, 0) is 5.41 Å². The number of benzene rings is 4. The summed E-state index contributed by atoms with van der Waals surface area (Å²) in [5.41, 5.74) is 3.89. The molecule has 2 aliphatic rings. The zero-order valence-corrected chi connectivity index (χ0v) is 28.6. The van der Waals surface area contributed by atoms with Crippen LogP contribution in [0, 0.1) is 0 Å². The summed E-state index contributed by atoms with van der Waals surface area (Å²) in [5.74, 6) is -0.249. The lowest BCUT2D eigenvalue weighted by atomic mass is 9.78. The Balaban J connectivity index is 1.24. The molecule has 0 fully saturated rings. The van der Waals surface area contributed by atoms with Crippen molar-refractivity contribution in [1.82, 2.24) is 4.90 Å². The molecular weight excluding hydrogens is 600 g/mol. The summed E-state index contributed by atoms with van der Waals surface area (Å²) in [6.45, 7) is 12.7. The maximum Gasteiger partial charge on any atom is 0.266 e. The lowest BCUT2D eigenvalue weighted by Crippen LogP contribution is -2.49. The van der Waals surface area contributed by atoms with Crippen molar-refractivity contribution in [3.63, 3.8) is 0 Å². The molecule has 1 unspecified atom stereocenters. The van der Waals surface area contributed by atoms with Crippen molar-refractivity contribution >= 4 is 29.3 Å². The van der Waals surface area contributed by atoms with E-state index in [-0.39, 0.29) is 22.8 Å². The number of carbonyl (C=O) groups excluding carboxylic acids is 4. The van der Waals surface area contributed by atoms with Gasteiger partial charge in [-0.1, -0.05) is 71.4 Å². The summed E-state index contributed by atoms with van der Waals surface area (Å²) in [7, 11) is 0. The van der Waals surface area contributed by atoms with Crippen molar-refractivity contribution in [2.24, 2.45) is 0 Å². The minimum Gasteiger partial charge on any atom is -0.457 e. The summed E-state index contributed by atoms with van der Waals surface area (Å²) in [4.78, 5) is 56.8. The topological polar surface area (TPSA) is 84.0 Å². The minimum atomic E-state index is -0.565. The molecule has 2 aliphatic heterocycles. The molecule has 7 heteroatoms. The summed E-state index contributed by atoms with van der Waals surface area (Å²) in [5, 5.41) is 0. The Morgan fingerprint density at radius 1 is 0.583 bits per heavy atom. The van der Waals surface area contributed by atoms with Crippen LogP contribution >= 0.6 is 0 Å². The van der Waals surface area contributed by atoms with E-state index in [1.54, 1.807) is 60.7 Å². The molecule has 0 N–H and O–H groups in total. The highest BCUT2D eigenvalue weighted by Crippen LogP contribution is 2.38. The van der Waals surface area contributed by atoms with Gasteiger partial charge in [-0.05, 0) is 103 Å². The molecule has 4 aromatic rings. The molecule has 7 nitrogen and oxygen atoms in total.